The van der Waals surface area contributed by atoms with Crippen molar-refractivity contribution in [2.75, 3.05) is 5.32 Å². The molecular formula is C8H7N3O2S2. The fourth-order valence-electron chi connectivity index (χ4n) is 1.06. The molecule has 78 valence electrons. The fourth-order valence-corrected chi connectivity index (χ4v) is 2.32. The molecule has 15 heavy (non-hydrogen) atoms. The van der Waals surface area contributed by atoms with Gasteiger partial charge in [0.25, 0.3) is 5.91 Å². The number of nitrogens with zero attached hydrogens (tertiary/aromatic N) is 1. The SMILES string of the molecule is Cc1[nH]c(=O)sc1C(=O)Nc1nccs1. The van der Waals surface area contributed by atoms with Crippen LogP contribution in [0.2, 0.25) is 0 Å². The Morgan fingerprint density at radius 2 is 2.40 bits per heavy atom. The average Bonchev–Trinajstić information content (AvgIpc) is 2.75. The van der Waals surface area contributed by atoms with E-state index in [1.807, 2.05) is 0 Å². The van der Waals surface area contributed by atoms with E-state index in [0.29, 0.717) is 15.7 Å². The molecule has 2 heterocycles. The van der Waals surface area contributed by atoms with Gasteiger partial charge in [-0.25, -0.2) is 4.98 Å². The lowest BCUT2D eigenvalue weighted by Gasteiger charge is -1.98. The number of hydrogen-bond acceptors (Lipinski definition) is 5. The van der Waals surface area contributed by atoms with Gasteiger partial charge in [0.15, 0.2) is 5.13 Å². The van der Waals surface area contributed by atoms with Gasteiger partial charge in [0, 0.05) is 17.3 Å². The van der Waals surface area contributed by atoms with Crippen LogP contribution in [0.15, 0.2) is 16.4 Å². The summed E-state index contributed by atoms with van der Waals surface area (Å²) in [5, 5.41) is 4.91. The zero-order chi connectivity index (χ0) is 10.8. The van der Waals surface area contributed by atoms with Gasteiger partial charge in [-0.1, -0.05) is 11.3 Å². The highest BCUT2D eigenvalue weighted by molar-refractivity contribution is 7.14. The van der Waals surface area contributed by atoms with Crippen molar-refractivity contribution in [1.29, 1.82) is 0 Å². The number of H-pyrrole nitrogens is 1. The molecule has 1 amide bonds. The van der Waals surface area contributed by atoms with E-state index < -0.39 is 0 Å². The number of nitrogens with one attached hydrogen (secondary N) is 2. The van der Waals surface area contributed by atoms with Crippen molar-refractivity contribution in [2.24, 2.45) is 0 Å². The van der Waals surface area contributed by atoms with Gasteiger partial charge in [0.1, 0.15) is 4.88 Å². The van der Waals surface area contributed by atoms with E-state index in [1.54, 1.807) is 18.5 Å². The number of aryl methyl sites for hydroxylation is 1. The summed E-state index contributed by atoms with van der Waals surface area (Å²) in [5.41, 5.74) is 0.582. The third-order valence-corrected chi connectivity index (χ3v) is 3.36. The average molecular weight is 241 g/mol. The van der Waals surface area contributed by atoms with E-state index >= 15 is 0 Å². The summed E-state index contributed by atoms with van der Waals surface area (Å²) >= 11 is 2.23. The van der Waals surface area contributed by atoms with E-state index in [2.05, 4.69) is 15.3 Å². The van der Waals surface area contributed by atoms with Gasteiger partial charge in [0.2, 0.25) is 0 Å². The monoisotopic (exact) mass is 241 g/mol. The first kappa shape index (κ1) is 10.1. The normalized spacial score (nSPS) is 10.2. The fraction of sp³-hybridized carbons (Fsp3) is 0.125. The Bertz CT molecular complexity index is 526. The molecule has 0 bridgehead atoms. The Hall–Kier alpha value is -1.47. The first-order valence-corrected chi connectivity index (χ1v) is 5.77. The minimum absolute atomic E-state index is 0.225. The molecule has 2 aromatic rings. The molecule has 0 aliphatic rings. The highest BCUT2D eigenvalue weighted by Gasteiger charge is 2.13. The van der Waals surface area contributed by atoms with Crippen molar-refractivity contribution in [2.45, 2.75) is 6.92 Å². The van der Waals surface area contributed by atoms with Crippen LogP contribution >= 0.6 is 22.7 Å². The van der Waals surface area contributed by atoms with Crippen LogP contribution in [0.3, 0.4) is 0 Å². The van der Waals surface area contributed by atoms with Crippen LogP contribution in [-0.4, -0.2) is 15.9 Å². The van der Waals surface area contributed by atoms with E-state index in [-0.39, 0.29) is 10.8 Å². The van der Waals surface area contributed by atoms with E-state index in [1.165, 1.54) is 11.3 Å². The van der Waals surface area contributed by atoms with Gasteiger partial charge in [-0.15, -0.1) is 11.3 Å². The number of aromatic amines is 1. The topological polar surface area (TPSA) is 74.8 Å². The summed E-state index contributed by atoms with van der Waals surface area (Å²) in [5.74, 6) is -0.300. The summed E-state index contributed by atoms with van der Waals surface area (Å²) in [6.45, 7) is 1.69. The van der Waals surface area contributed by atoms with E-state index in [9.17, 15) is 9.59 Å². The molecule has 0 atom stereocenters. The molecular weight excluding hydrogens is 234 g/mol. The van der Waals surface area contributed by atoms with Crippen molar-refractivity contribution >= 4 is 33.7 Å². The number of carbonyl (C=O) groups is 1. The molecule has 0 aliphatic heterocycles. The third kappa shape index (κ3) is 2.13. The van der Waals surface area contributed by atoms with Gasteiger partial charge in [-0.2, -0.15) is 0 Å². The summed E-state index contributed by atoms with van der Waals surface area (Å²) < 4.78 is 0. The van der Waals surface area contributed by atoms with Crippen LogP contribution in [0.25, 0.3) is 0 Å². The number of amides is 1. The molecule has 0 radical (unpaired) electrons. The van der Waals surface area contributed by atoms with Crippen LogP contribution in [-0.2, 0) is 0 Å². The first-order chi connectivity index (χ1) is 7.16. The molecule has 0 saturated heterocycles. The Kier molecular flexibility index (Phi) is 2.65. The minimum atomic E-state index is -0.300. The molecule has 0 fully saturated rings. The van der Waals surface area contributed by atoms with Crippen molar-refractivity contribution in [1.82, 2.24) is 9.97 Å². The Morgan fingerprint density at radius 3 is 2.93 bits per heavy atom. The van der Waals surface area contributed by atoms with Gasteiger partial charge < -0.3 is 4.98 Å². The molecule has 2 rings (SSSR count). The maximum absolute atomic E-state index is 11.7. The predicted octanol–water partition coefficient (Wildman–Crippen LogP) is 1.45. The molecule has 0 saturated carbocycles. The zero-order valence-electron chi connectivity index (χ0n) is 7.73. The van der Waals surface area contributed by atoms with Crippen LogP contribution in [0.5, 0.6) is 0 Å². The van der Waals surface area contributed by atoms with Crippen molar-refractivity contribution in [3.63, 3.8) is 0 Å². The van der Waals surface area contributed by atoms with Crippen molar-refractivity contribution < 1.29 is 4.79 Å². The second-order valence-electron chi connectivity index (χ2n) is 2.76. The van der Waals surface area contributed by atoms with Crippen LogP contribution in [0.1, 0.15) is 15.4 Å². The van der Waals surface area contributed by atoms with Gasteiger partial charge >= 0.3 is 4.87 Å². The smallest absolute Gasteiger partial charge is 0.305 e. The highest BCUT2D eigenvalue weighted by atomic mass is 32.1. The number of anilines is 1. The summed E-state index contributed by atoms with van der Waals surface area (Å²) in [6.07, 6.45) is 1.60. The number of aromatic nitrogens is 2. The van der Waals surface area contributed by atoms with Gasteiger partial charge in [0.05, 0.1) is 0 Å². The molecule has 0 aliphatic carbocycles. The molecule has 0 unspecified atom stereocenters. The molecule has 0 aromatic carbocycles. The maximum Gasteiger partial charge on any atom is 0.305 e. The molecule has 0 spiro atoms. The van der Waals surface area contributed by atoms with Crippen LogP contribution in [0.4, 0.5) is 5.13 Å². The second-order valence-corrected chi connectivity index (χ2v) is 4.64. The lowest BCUT2D eigenvalue weighted by atomic mass is 10.4. The Labute approximate surface area is 92.8 Å². The maximum atomic E-state index is 11.7. The quantitative estimate of drug-likeness (QED) is 0.835. The van der Waals surface area contributed by atoms with Crippen molar-refractivity contribution in [3.05, 3.63) is 31.8 Å². The van der Waals surface area contributed by atoms with Crippen molar-refractivity contribution in [3.8, 4) is 0 Å². The van der Waals surface area contributed by atoms with E-state index in [0.717, 1.165) is 11.3 Å². The minimum Gasteiger partial charge on any atom is -0.316 e. The lowest BCUT2D eigenvalue weighted by Crippen LogP contribution is -2.11. The first-order valence-electron chi connectivity index (χ1n) is 4.07. The van der Waals surface area contributed by atoms with Gasteiger partial charge in [-0.3, -0.25) is 14.9 Å². The lowest BCUT2D eigenvalue weighted by molar-refractivity contribution is 0.103. The second kappa shape index (κ2) is 3.95. The molecule has 7 heteroatoms. The molecule has 5 nitrogen and oxygen atoms in total. The molecule has 2 N–H and O–H groups in total. The third-order valence-electron chi connectivity index (χ3n) is 1.68. The number of hydrogen-bond donors (Lipinski definition) is 2. The predicted molar refractivity (Wildman–Crippen MR) is 59.7 cm³/mol. The molecule has 2 aromatic heterocycles. The Balaban J connectivity index is 2.22. The van der Waals surface area contributed by atoms with Crippen LogP contribution < -0.4 is 10.2 Å². The Morgan fingerprint density at radius 1 is 1.60 bits per heavy atom. The standard InChI is InChI=1S/C8H7N3O2S2/c1-4-5(15-8(13)10-4)6(12)11-7-9-2-3-14-7/h2-3H,1H3,(H,10,13)(H,9,11,12). The van der Waals surface area contributed by atoms with E-state index in [4.69, 9.17) is 0 Å². The highest BCUT2D eigenvalue weighted by Crippen LogP contribution is 2.14. The summed E-state index contributed by atoms with van der Waals surface area (Å²) in [6, 6.07) is 0. The number of carbonyl (C=O) groups excluding carboxylic acids is 1. The number of rotatable bonds is 2. The van der Waals surface area contributed by atoms with Crippen LogP contribution in [0, 0.1) is 6.92 Å². The summed E-state index contributed by atoms with van der Waals surface area (Å²) in [7, 11) is 0. The largest absolute Gasteiger partial charge is 0.316 e. The summed E-state index contributed by atoms with van der Waals surface area (Å²) in [4.78, 5) is 29.3. The van der Waals surface area contributed by atoms with Gasteiger partial charge in [-0.05, 0) is 6.92 Å². The number of thiazole rings is 2. The zero-order valence-corrected chi connectivity index (χ0v) is 9.37.